The van der Waals surface area contributed by atoms with E-state index in [2.05, 4.69) is 26.3 Å². The number of nitriles is 1. The van der Waals surface area contributed by atoms with E-state index in [0.717, 1.165) is 16.8 Å². The number of imidazole rings is 1. The second-order valence-corrected chi connectivity index (χ2v) is 7.35. The summed E-state index contributed by atoms with van der Waals surface area (Å²) in [5.41, 5.74) is 10.9. The number of rotatable bonds is 0. The fourth-order valence-electron chi connectivity index (χ4n) is 3.97. The number of halogens is 1. The van der Waals surface area contributed by atoms with E-state index in [1.165, 1.54) is 12.1 Å². The molecule has 0 amide bonds. The Hall–Kier alpha value is -4.19. The lowest BCUT2D eigenvalue weighted by Crippen LogP contribution is -2.24. The fraction of sp³-hybridized carbons (Fsp3) is 0.182. The van der Waals surface area contributed by atoms with Crippen LogP contribution in [0.4, 0.5) is 10.2 Å². The van der Waals surface area contributed by atoms with E-state index in [9.17, 15) is 9.65 Å². The van der Waals surface area contributed by atoms with Crippen molar-refractivity contribution >= 4 is 17.7 Å². The molecule has 2 aliphatic rings. The molecule has 0 aliphatic carbocycles. The Labute approximate surface area is 177 Å². The van der Waals surface area contributed by atoms with Crippen molar-refractivity contribution in [2.75, 3.05) is 12.3 Å². The van der Waals surface area contributed by atoms with Crippen molar-refractivity contribution in [2.24, 2.45) is 4.99 Å². The first kappa shape index (κ1) is 18.8. The molecule has 1 aromatic carbocycles. The molecule has 3 aromatic rings. The molecule has 0 fully saturated rings. The highest BCUT2D eigenvalue weighted by molar-refractivity contribution is 5.79. The van der Waals surface area contributed by atoms with E-state index in [1.54, 1.807) is 31.0 Å². The number of nitrogens with zero attached hydrogens (tertiary/aromatic N) is 5. The van der Waals surface area contributed by atoms with Crippen LogP contribution in [0.2, 0.25) is 0 Å². The van der Waals surface area contributed by atoms with E-state index in [4.69, 9.17) is 10.5 Å². The summed E-state index contributed by atoms with van der Waals surface area (Å²) in [6.45, 7) is 2.68. The number of nitrogens with one attached hydrogen (secondary N) is 1. The average molecular weight is 415 g/mol. The summed E-state index contributed by atoms with van der Waals surface area (Å²) in [6.07, 6.45) is 4.33. The lowest BCUT2D eigenvalue weighted by molar-refractivity contribution is 0.227. The van der Waals surface area contributed by atoms with Crippen molar-refractivity contribution in [3.8, 4) is 23.1 Å². The van der Waals surface area contributed by atoms with E-state index in [0.29, 0.717) is 35.7 Å². The van der Waals surface area contributed by atoms with Crippen molar-refractivity contribution in [1.29, 1.82) is 5.26 Å². The van der Waals surface area contributed by atoms with Crippen molar-refractivity contribution in [1.82, 2.24) is 19.9 Å². The quantitative estimate of drug-likeness (QED) is 0.583. The first-order valence-electron chi connectivity index (χ1n) is 9.69. The van der Waals surface area contributed by atoms with E-state index >= 15 is 0 Å². The van der Waals surface area contributed by atoms with Crippen LogP contribution in [0.1, 0.15) is 29.8 Å². The second-order valence-electron chi connectivity index (χ2n) is 7.35. The van der Waals surface area contributed by atoms with Gasteiger partial charge in [0.1, 0.15) is 18.0 Å². The summed E-state index contributed by atoms with van der Waals surface area (Å²) in [4.78, 5) is 12.9. The van der Waals surface area contributed by atoms with E-state index in [-0.39, 0.29) is 17.3 Å². The minimum absolute atomic E-state index is 0.207. The Kier molecular flexibility index (Phi) is 4.40. The number of hydrogen-bond donors (Lipinski definition) is 2. The molecule has 1 atom stereocenters. The summed E-state index contributed by atoms with van der Waals surface area (Å²) in [5.74, 6) is 0.205. The predicted octanol–water partition coefficient (Wildman–Crippen LogP) is 3.03. The van der Waals surface area contributed by atoms with Gasteiger partial charge in [-0.15, -0.1) is 0 Å². The van der Waals surface area contributed by atoms with Gasteiger partial charge in [-0.25, -0.2) is 14.4 Å². The predicted molar refractivity (Wildman–Crippen MR) is 113 cm³/mol. The van der Waals surface area contributed by atoms with Crippen molar-refractivity contribution < 1.29 is 9.13 Å². The first-order chi connectivity index (χ1) is 15.0. The van der Waals surface area contributed by atoms with Gasteiger partial charge in [-0.2, -0.15) is 5.26 Å². The number of nitrogen functional groups attached to an aromatic ring is 1. The molecule has 2 aromatic heterocycles. The topological polar surface area (TPSA) is 114 Å². The monoisotopic (exact) mass is 415 g/mol. The summed E-state index contributed by atoms with van der Waals surface area (Å²) >= 11 is 0. The molecule has 5 rings (SSSR count). The van der Waals surface area contributed by atoms with Gasteiger partial charge >= 0.3 is 0 Å². The molecule has 0 saturated carbocycles. The molecule has 2 bridgehead atoms. The lowest BCUT2D eigenvalue weighted by atomic mass is 9.94. The lowest BCUT2D eigenvalue weighted by Gasteiger charge is -2.25. The van der Waals surface area contributed by atoms with Gasteiger partial charge in [0, 0.05) is 28.6 Å². The Morgan fingerprint density at radius 2 is 2.19 bits per heavy atom. The molecular formula is C22H18FN7O. The molecule has 0 saturated heterocycles. The highest BCUT2D eigenvalue weighted by atomic mass is 19.1. The second kappa shape index (κ2) is 7.25. The summed E-state index contributed by atoms with van der Waals surface area (Å²) in [5, 5.41) is 12.8. The van der Waals surface area contributed by atoms with Gasteiger partial charge in [-0.05, 0) is 30.7 Å². The Morgan fingerprint density at radius 3 is 3.03 bits per heavy atom. The summed E-state index contributed by atoms with van der Waals surface area (Å²) < 4.78 is 22.2. The van der Waals surface area contributed by atoms with E-state index < -0.39 is 6.10 Å². The zero-order valence-electron chi connectivity index (χ0n) is 16.6. The number of aromatic nitrogens is 3. The number of nitrogens with two attached hydrogens (primary N) is 1. The van der Waals surface area contributed by atoms with Crippen molar-refractivity contribution in [3.63, 3.8) is 0 Å². The Balaban J connectivity index is 1.80. The van der Waals surface area contributed by atoms with Crippen LogP contribution >= 0.6 is 0 Å². The maximum atomic E-state index is 14.2. The van der Waals surface area contributed by atoms with Crippen LogP contribution < -0.4 is 15.8 Å². The third-order valence-electron chi connectivity index (χ3n) is 5.45. The third-order valence-corrected chi connectivity index (χ3v) is 5.45. The molecule has 0 unspecified atom stereocenters. The standard InChI is InChI=1S/C22H18FN7O/c1-12-16-5-14(23)2-3-15(16)17-8-26-10-28-19(17)9-30-11-29-18(6-24)21(30)13-4-20(31-12)22(25)27-7-13/h2-5,7,10-12H,8-9H2,1H3,(H2,25,27)(H,26,28)/t12-/m1/s1. The van der Waals surface area contributed by atoms with Gasteiger partial charge in [0.15, 0.2) is 17.3 Å². The molecule has 3 N–H and O–H groups in total. The van der Waals surface area contributed by atoms with Gasteiger partial charge in [-0.3, -0.25) is 4.99 Å². The van der Waals surface area contributed by atoms with Crippen LogP contribution in [0.5, 0.6) is 5.75 Å². The van der Waals surface area contributed by atoms with Gasteiger partial charge < -0.3 is 20.4 Å². The highest BCUT2D eigenvalue weighted by Crippen LogP contribution is 2.36. The van der Waals surface area contributed by atoms with Crippen LogP contribution in [0.3, 0.4) is 0 Å². The zero-order chi connectivity index (χ0) is 21.5. The number of ether oxygens (including phenoxy) is 1. The number of fused-ring (bicyclic) bond motifs is 6. The molecule has 8 nitrogen and oxygen atoms in total. The number of pyridine rings is 1. The number of anilines is 1. The molecular weight excluding hydrogens is 397 g/mol. The number of allylic oxidation sites excluding steroid dienone is 1. The highest BCUT2D eigenvalue weighted by Gasteiger charge is 2.24. The fourth-order valence-corrected chi connectivity index (χ4v) is 3.97. The SMILES string of the molecule is C[C@H]1Oc2cc(cnc2N)-c2c(C#N)ncn2CC2=C(CN=CN2)c2ccc(F)cc21. The maximum Gasteiger partial charge on any atom is 0.166 e. The van der Waals surface area contributed by atoms with Crippen LogP contribution in [0.15, 0.2) is 47.5 Å². The average Bonchev–Trinajstić information content (AvgIpc) is 3.17. The molecule has 154 valence electrons. The van der Waals surface area contributed by atoms with Crippen molar-refractivity contribution in [2.45, 2.75) is 19.6 Å². The largest absolute Gasteiger partial charge is 0.482 e. The smallest absolute Gasteiger partial charge is 0.166 e. The Morgan fingerprint density at radius 1 is 1.32 bits per heavy atom. The van der Waals surface area contributed by atoms with Crippen LogP contribution in [0, 0.1) is 17.1 Å². The van der Waals surface area contributed by atoms with Gasteiger partial charge in [0.25, 0.3) is 0 Å². The van der Waals surface area contributed by atoms with E-state index in [1.807, 2.05) is 11.5 Å². The molecule has 0 spiro atoms. The van der Waals surface area contributed by atoms with Crippen LogP contribution in [-0.2, 0) is 6.54 Å². The number of benzene rings is 1. The summed E-state index contributed by atoms with van der Waals surface area (Å²) in [7, 11) is 0. The Bertz CT molecular complexity index is 1300. The maximum absolute atomic E-state index is 14.2. The molecule has 31 heavy (non-hydrogen) atoms. The third kappa shape index (κ3) is 3.18. The summed E-state index contributed by atoms with van der Waals surface area (Å²) in [6, 6.07) is 8.50. The first-order valence-corrected chi connectivity index (χ1v) is 9.69. The minimum atomic E-state index is -0.510. The van der Waals surface area contributed by atoms with Gasteiger partial charge in [0.05, 0.1) is 31.4 Å². The minimum Gasteiger partial charge on any atom is -0.482 e. The van der Waals surface area contributed by atoms with Crippen LogP contribution in [-0.4, -0.2) is 27.4 Å². The van der Waals surface area contributed by atoms with Crippen molar-refractivity contribution in [3.05, 3.63) is 65.1 Å². The molecule has 2 aliphatic heterocycles. The molecule has 0 radical (unpaired) electrons. The number of aliphatic imine (C=N–C) groups is 1. The normalized spacial score (nSPS) is 17.1. The number of hydrogen-bond acceptors (Lipinski definition) is 7. The van der Waals surface area contributed by atoms with Crippen LogP contribution in [0.25, 0.3) is 16.8 Å². The van der Waals surface area contributed by atoms with Gasteiger partial charge in [-0.1, -0.05) is 6.07 Å². The molecule has 9 heteroatoms. The molecule has 4 heterocycles. The zero-order valence-corrected chi connectivity index (χ0v) is 16.6. The van der Waals surface area contributed by atoms with Gasteiger partial charge in [0.2, 0.25) is 0 Å².